The Hall–Kier alpha value is -1.66. The molecule has 0 aliphatic heterocycles. The lowest BCUT2D eigenvalue weighted by Gasteiger charge is -2.10. The fraction of sp³-hybridized carbons (Fsp3) is 0. The number of pyridine rings is 1. The summed E-state index contributed by atoms with van der Waals surface area (Å²) in [4.78, 5) is 3.94. The predicted molar refractivity (Wildman–Crippen MR) is 52.1 cm³/mol. The minimum absolute atomic E-state index is 0.0527. The van der Waals surface area contributed by atoms with E-state index in [1.807, 2.05) is 0 Å². The Morgan fingerprint density at radius 1 is 1.20 bits per heavy atom. The van der Waals surface area contributed by atoms with Gasteiger partial charge in [0.25, 0.3) is 10.4 Å². The first kappa shape index (κ1) is 9.88. The van der Waals surface area contributed by atoms with Gasteiger partial charge in [0, 0.05) is 11.6 Å². The quantitative estimate of drug-likeness (QED) is 0.563. The van der Waals surface area contributed by atoms with Gasteiger partial charge in [-0.15, -0.1) is 0 Å². The van der Waals surface area contributed by atoms with Crippen molar-refractivity contribution < 1.29 is 17.2 Å². The van der Waals surface area contributed by atoms with Gasteiger partial charge in [-0.3, -0.25) is 4.98 Å². The number of benzene rings is 1. The lowest BCUT2D eigenvalue weighted by molar-refractivity contribution is 0.373. The smallest absolute Gasteiger partial charge is 0.262 e. The zero-order valence-electron chi connectivity index (χ0n) is 7.45. The molecule has 0 N–H and O–H groups in total. The number of nitrogens with zero attached hydrogens (tertiary/aromatic N) is 1. The van der Waals surface area contributed by atoms with Crippen LogP contribution in [0.2, 0.25) is 0 Å². The predicted octanol–water partition coefficient (Wildman–Crippen LogP) is 1.07. The molecule has 0 aliphatic carbocycles. The highest BCUT2D eigenvalue weighted by Gasteiger charge is 2.05. The van der Waals surface area contributed by atoms with Gasteiger partial charge in [-0.2, -0.15) is 0 Å². The fourth-order valence-corrected chi connectivity index (χ4v) is 1.61. The molecule has 1 aromatic heterocycles. The number of fused-ring (bicyclic) bond motifs is 1. The van der Waals surface area contributed by atoms with Crippen molar-refractivity contribution in [3.8, 4) is 5.75 Å². The first-order valence-electron chi connectivity index (χ1n) is 4.05. The lowest BCUT2D eigenvalue weighted by Crippen LogP contribution is -2.07. The van der Waals surface area contributed by atoms with Crippen molar-refractivity contribution in [3.63, 3.8) is 0 Å². The van der Waals surface area contributed by atoms with Crippen LogP contribution in [0.25, 0.3) is 10.9 Å². The van der Waals surface area contributed by atoms with E-state index in [-0.39, 0.29) is 5.75 Å². The van der Waals surface area contributed by atoms with Crippen LogP contribution in [0.15, 0.2) is 36.5 Å². The zero-order valence-corrected chi connectivity index (χ0v) is 8.27. The third kappa shape index (κ3) is 2.23. The van der Waals surface area contributed by atoms with Gasteiger partial charge in [0.05, 0.1) is 0 Å². The zero-order chi connectivity index (χ0) is 10.9. The molecule has 2 aromatic rings. The van der Waals surface area contributed by atoms with E-state index in [1.165, 1.54) is 12.3 Å². The van der Waals surface area contributed by atoms with E-state index < -0.39 is 10.4 Å². The minimum atomic E-state index is -4.76. The molecule has 0 amide bonds. The maximum Gasteiger partial charge on any atom is 0.262 e. The van der Waals surface area contributed by atoms with E-state index in [9.17, 15) is 13.0 Å². The van der Waals surface area contributed by atoms with Gasteiger partial charge < -0.3 is 8.74 Å². The summed E-state index contributed by atoms with van der Waals surface area (Å²) in [5.74, 6) is -0.0527. The molecule has 5 nitrogen and oxygen atoms in total. The molecule has 0 spiro atoms. The molecule has 0 saturated heterocycles. The lowest BCUT2D eigenvalue weighted by atomic mass is 10.2. The largest absolute Gasteiger partial charge is 0.716 e. The van der Waals surface area contributed by atoms with Crippen molar-refractivity contribution in [2.45, 2.75) is 0 Å². The van der Waals surface area contributed by atoms with E-state index in [0.29, 0.717) is 10.9 Å². The Morgan fingerprint density at radius 3 is 2.67 bits per heavy atom. The molecule has 15 heavy (non-hydrogen) atoms. The van der Waals surface area contributed by atoms with Crippen LogP contribution in [-0.2, 0) is 10.4 Å². The molecular weight excluding hydrogens is 218 g/mol. The highest BCUT2D eigenvalue weighted by molar-refractivity contribution is 7.81. The third-order valence-electron chi connectivity index (χ3n) is 1.79. The summed E-state index contributed by atoms with van der Waals surface area (Å²) >= 11 is 0. The number of aromatic nitrogens is 1. The number of rotatable bonds is 2. The van der Waals surface area contributed by atoms with Crippen LogP contribution in [0.3, 0.4) is 0 Å². The van der Waals surface area contributed by atoms with Gasteiger partial charge in [0.15, 0.2) is 5.75 Å². The van der Waals surface area contributed by atoms with E-state index in [0.717, 1.165) is 0 Å². The Morgan fingerprint density at radius 2 is 1.93 bits per heavy atom. The number of hydrogen-bond acceptors (Lipinski definition) is 5. The van der Waals surface area contributed by atoms with Crippen molar-refractivity contribution in [2.75, 3.05) is 0 Å². The monoisotopic (exact) mass is 224 g/mol. The molecule has 78 valence electrons. The Bertz CT molecular complexity index is 589. The SMILES string of the molecule is O=S(=O)([O-])Oc1cccc2cccnc12. The van der Waals surface area contributed by atoms with Crippen LogP contribution in [0, 0.1) is 0 Å². The summed E-state index contributed by atoms with van der Waals surface area (Å²) in [6, 6.07) is 8.16. The molecule has 0 aliphatic rings. The number of hydrogen-bond donors (Lipinski definition) is 0. The average molecular weight is 224 g/mol. The second-order valence-corrected chi connectivity index (χ2v) is 3.81. The maximum absolute atomic E-state index is 10.4. The van der Waals surface area contributed by atoms with Crippen molar-refractivity contribution in [2.24, 2.45) is 0 Å². The third-order valence-corrected chi connectivity index (χ3v) is 2.17. The molecule has 1 aromatic carbocycles. The second kappa shape index (κ2) is 3.48. The summed E-state index contributed by atoms with van der Waals surface area (Å²) in [5, 5.41) is 0.707. The second-order valence-electron chi connectivity index (χ2n) is 2.82. The van der Waals surface area contributed by atoms with Crippen molar-refractivity contribution in [1.29, 1.82) is 0 Å². The molecule has 0 fully saturated rings. The topological polar surface area (TPSA) is 79.3 Å². The normalized spacial score (nSPS) is 11.5. The van der Waals surface area contributed by atoms with Crippen molar-refractivity contribution in [3.05, 3.63) is 36.5 Å². The molecule has 2 rings (SSSR count). The van der Waals surface area contributed by atoms with Gasteiger partial charge >= 0.3 is 0 Å². The molecule has 0 atom stereocenters. The van der Waals surface area contributed by atoms with Crippen LogP contribution >= 0.6 is 0 Å². The van der Waals surface area contributed by atoms with Gasteiger partial charge in [-0.25, -0.2) is 8.42 Å². The summed E-state index contributed by atoms with van der Waals surface area (Å²) in [5.41, 5.74) is 0.347. The Kier molecular flexibility index (Phi) is 2.29. The molecule has 0 saturated carbocycles. The van der Waals surface area contributed by atoms with Crippen LogP contribution in [0.5, 0.6) is 5.75 Å². The van der Waals surface area contributed by atoms with Crippen molar-refractivity contribution >= 4 is 21.3 Å². The summed E-state index contributed by atoms with van der Waals surface area (Å²) in [6.07, 6.45) is 1.49. The van der Waals surface area contributed by atoms with Crippen LogP contribution in [0.1, 0.15) is 0 Å². The number of para-hydroxylation sites is 1. The van der Waals surface area contributed by atoms with E-state index in [1.54, 1.807) is 24.3 Å². The summed E-state index contributed by atoms with van der Waals surface area (Å²) in [6.45, 7) is 0. The van der Waals surface area contributed by atoms with Gasteiger partial charge in [0.2, 0.25) is 0 Å². The molecule has 0 radical (unpaired) electrons. The van der Waals surface area contributed by atoms with Gasteiger partial charge in [-0.05, 0) is 12.1 Å². The minimum Gasteiger partial charge on any atom is -0.716 e. The molecule has 0 bridgehead atoms. The van der Waals surface area contributed by atoms with Crippen LogP contribution in [0.4, 0.5) is 0 Å². The van der Waals surface area contributed by atoms with E-state index in [2.05, 4.69) is 9.17 Å². The summed E-state index contributed by atoms with van der Waals surface area (Å²) < 4.78 is 35.6. The van der Waals surface area contributed by atoms with Crippen LogP contribution < -0.4 is 4.18 Å². The Labute approximate surface area is 86.3 Å². The highest BCUT2D eigenvalue weighted by Crippen LogP contribution is 2.23. The first-order chi connectivity index (χ1) is 7.06. The van der Waals surface area contributed by atoms with E-state index >= 15 is 0 Å². The first-order valence-corrected chi connectivity index (χ1v) is 5.39. The average Bonchev–Trinajstić information content (AvgIpc) is 2.16. The molecule has 6 heteroatoms. The highest BCUT2D eigenvalue weighted by atomic mass is 32.3. The summed E-state index contributed by atoms with van der Waals surface area (Å²) in [7, 11) is -4.76. The van der Waals surface area contributed by atoms with Gasteiger partial charge in [-0.1, -0.05) is 18.2 Å². The molecular formula is C9H6NO4S-. The van der Waals surface area contributed by atoms with Gasteiger partial charge in [0.1, 0.15) is 5.52 Å². The Balaban J connectivity index is 2.61. The standard InChI is InChI=1S/C9H7NO4S/c11-15(12,13)14-8-5-1-3-7-4-2-6-10-9(7)8/h1-6H,(H,11,12,13)/p-1. The van der Waals surface area contributed by atoms with Crippen molar-refractivity contribution in [1.82, 2.24) is 4.98 Å². The van der Waals surface area contributed by atoms with E-state index in [4.69, 9.17) is 0 Å². The fourth-order valence-electron chi connectivity index (χ4n) is 1.25. The maximum atomic E-state index is 10.4. The molecule has 0 unspecified atom stereocenters. The van der Waals surface area contributed by atoms with Crippen LogP contribution in [-0.4, -0.2) is 18.0 Å². The molecule has 1 heterocycles.